The van der Waals surface area contributed by atoms with Crippen molar-refractivity contribution >= 4 is 28.2 Å². The van der Waals surface area contributed by atoms with Crippen LogP contribution in [0.4, 0.5) is 5.69 Å². The van der Waals surface area contributed by atoms with E-state index in [0.717, 1.165) is 60.6 Å². The van der Waals surface area contributed by atoms with E-state index in [4.69, 9.17) is 11.6 Å². The van der Waals surface area contributed by atoms with Gasteiger partial charge in [-0.3, -0.25) is 9.69 Å². The molecule has 0 saturated carbocycles. The van der Waals surface area contributed by atoms with E-state index in [-0.39, 0.29) is 5.56 Å². The van der Waals surface area contributed by atoms with Crippen LogP contribution in [-0.4, -0.2) is 36.1 Å². The molecule has 0 atom stereocenters. The fourth-order valence-corrected chi connectivity index (χ4v) is 3.93. The molecule has 2 aromatic carbocycles. The van der Waals surface area contributed by atoms with Crippen LogP contribution in [0.3, 0.4) is 0 Å². The molecule has 4 rings (SSSR count). The molecule has 27 heavy (non-hydrogen) atoms. The molecule has 2 heterocycles. The smallest absolute Gasteiger partial charge is 0.251 e. The van der Waals surface area contributed by atoms with Crippen molar-refractivity contribution in [2.45, 2.75) is 19.9 Å². The second-order valence-electron chi connectivity index (χ2n) is 7.14. The molecule has 1 fully saturated rings. The summed E-state index contributed by atoms with van der Waals surface area (Å²) in [6.45, 7) is 6.91. The highest BCUT2D eigenvalue weighted by Gasteiger charge is 2.17. The lowest BCUT2D eigenvalue weighted by Crippen LogP contribution is -2.45. The molecule has 3 aromatic rings. The van der Waals surface area contributed by atoms with Crippen molar-refractivity contribution in [3.05, 3.63) is 75.0 Å². The number of anilines is 1. The number of piperazine rings is 1. The molecule has 1 N–H and O–H groups in total. The second kappa shape index (κ2) is 7.75. The molecule has 140 valence electrons. The van der Waals surface area contributed by atoms with Gasteiger partial charge in [-0.15, -0.1) is 0 Å². The monoisotopic (exact) mass is 381 g/mol. The summed E-state index contributed by atoms with van der Waals surface area (Å²) in [5.41, 5.74) is 4.22. The number of pyridine rings is 1. The number of halogens is 1. The minimum absolute atomic E-state index is 0.0253. The van der Waals surface area contributed by atoms with Crippen LogP contribution in [0, 0.1) is 0 Å². The number of hydrogen-bond acceptors (Lipinski definition) is 3. The molecular formula is C22H24ClN3O. The van der Waals surface area contributed by atoms with Gasteiger partial charge in [0.15, 0.2) is 0 Å². The second-order valence-corrected chi connectivity index (χ2v) is 7.58. The average molecular weight is 382 g/mol. The van der Waals surface area contributed by atoms with Crippen molar-refractivity contribution in [1.82, 2.24) is 9.88 Å². The first-order valence-electron chi connectivity index (χ1n) is 9.50. The molecule has 0 radical (unpaired) electrons. The largest absolute Gasteiger partial charge is 0.369 e. The predicted molar refractivity (Wildman–Crippen MR) is 113 cm³/mol. The van der Waals surface area contributed by atoms with Gasteiger partial charge in [-0.05, 0) is 47.7 Å². The molecule has 1 saturated heterocycles. The van der Waals surface area contributed by atoms with Gasteiger partial charge >= 0.3 is 0 Å². The Morgan fingerprint density at radius 3 is 2.59 bits per heavy atom. The maximum atomic E-state index is 12.1. The van der Waals surface area contributed by atoms with Crippen LogP contribution in [0.1, 0.15) is 18.1 Å². The summed E-state index contributed by atoms with van der Waals surface area (Å²) in [6, 6.07) is 16.5. The highest BCUT2D eigenvalue weighted by Crippen LogP contribution is 2.22. The Bertz CT molecular complexity index is 1010. The number of aromatic amines is 1. The third-order valence-corrected chi connectivity index (χ3v) is 5.56. The van der Waals surface area contributed by atoms with Gasteiger partial charge in [0.25, 0.3) is 5.56 Å². The van der Waals surface area contributed by atoms with Gasteiger partial charge in [-0.1, -0.05) is 36.7 Å². The van der Waals surface area contributed by atoms with Gasteiger partial charge in [0.2, 0.25) is 0 Å². The molecule has 1 aromatic heterocycles. The maximum Gasteiger partial charge on any atom is 0.251 e. The van der Waals surface area contributed by atoms with Crippen molar-refractivity contribution in [3.8, 4) is 0 Å². The van der Waals surface area contributed by atoms with Gasteiger partial charge < -0.3 is 9.88 Å². The summed E-state index contributed by atoms with van der Waals surface area (Å²) in [5.74, 6) is 0. The standard InChI is InChI=1S/C22H24ClN3O/c1-2-17-13-18-7-6-16(12-21(18)24-22(17)27)15-25-8-10-26(11-9-25)20-5-3-4-19(23)14-20/h3-7,12-14H,2,8-11,15H2,1H3,(H,24,27). The lowest BCUT2D eigenvalue weighted by Gasteiger charge is -2.36. The first-order chi connectivity index (χ1) is 13.1. The minimum Gasteiger partial charge on any atom is -0.369 e. The number of hydrogen-bond donors (Lipinski definition) is 1. The zero-order valence-electron chi connectivity index (χ0n) is 15.5. The predicted octanol–water partition coefficient (Wildman–Crippen LogP) is 4.07. The Labute approximate surface area is 164 Å². The zero-order chi connectivity index (χ0) is 18.8. The third kappa shape index (κ3) is 4.02. The molecule has 4 nitrogen and oxygen atoms in total. The number of rotatable bonds is 4. The molecule has 5 heteroatoms. The van der Waals surface area contributed by atoms with Crippen LogP contribution < -0.4 is 10.5 Å². The van der Waals surface area contributed by atoms with E-state index in [1.165, 1.54) is 11.3 Å². The summed E-state index contributed by atoms with van der Waals surface area (Å²) in [5, 5.41) is 1.88. The van der Waals surface area contributed by atoms with Crippen molar-refractivity contribution in [2.24, 2.45) is 0 Å². The number of nitrogens with zero attached hydrogens (tertiary/aromatic N) is 2. The number of aromatic nitrogens is 1. The number of fused-ring (bicyclic) bond motifs is 1. The van der Waals surface area contributed by atoms with Crippen molar-refractivity contribution in [1.29, 1.82) is 0 Å². The van der Waals surface area contributed by atoms with Gasteiger partial charge in [0, 0.05) is 54.5 Å². The topological polar surface area (TPSA) is 39.3 Å². The van der Waals surface area contributed by atoms with Gasteiger partial charge in [0.05, 0.1) is 0 Å². The summed E-state index contributed by atoms with van der Waals surface area (Å²) < 4.78 is 0. The zero-order valence-corrected chi connectivity index (χ0v) is 16.3. The van der Waals surface area contributed by atoms with E-state index < -0.39 is 0 Å². The van der Waals surface area contributed by atoms with Crippen LogP contribution in [0.5, 0.6) is 0 Å². The maximum absolute atomic E-state index is 12.1. The molecule has 1 aliphatic heterocycles. The molecule has 0 bridgehead atoms. The average Bonchev–Trinajstić information content (AvgIpc) is 2.68. The SMILES string of the molecule is CCc1cc2ccc(CN3CCN(c4cccc(Cl)c4)CC3)cc2[nH]c1=O. The Balaban J connectivity index is 1.43. The molecule has 0 spiro atoms. The Morgan fingerprint density at radius 2 is 1.85 bits per heavy atom. The molecule has 0 amide bonds. The molecular weight excluding hydrogens is 358 g/mol. The first-order valence-corrected chi connectivity index (χ1v) is 9.88. The Hall–Kier alpha value is -2.30. The highest BCUT2D eigenvalue weighted by atomic mass is 35.5. The Morgan fingerprint density at radius 1 is 1.04 bits per heavy atom. The van der Waals surface area contributed by atoms with Gasteiger partial charge in [0.1, 0.15) is 0 Å². The lowest BCUT2D eigenvalue weighted by atomic mass is 10.1. The van der Waals surface area contributed by atoms with E-state index in [9.17, 15) is 4.79 Å². The number of benzene rings is 2. The van der Waals surface area contributed by atoms with Crippen LogP contribution in [0.15, 0.2) is 53.3 Å². The Kier molecular flexibility index (Phi) is 5.19. The van der Waals surface area contributed by atoms with Crippen LogP contribution in [-0.2, 0) is 13.0 Å². The van der Waals surface area contributed by atoms with Crippen molar-refractivity contribution in [3.63, 3.8) is 0 Å². The quantitative estimate of drug-likeness (QED) is 0.740. The van der Waals surface area contributed by atoms with Crippen molar-refractivity contribution < 1.29 is 0 Å². The fraction of sp³-hybridized carbons (Fsp3) is 0.318. The van der Waals surface area contributed by atoms with E-state index >= 15 is 0 Å². The van der Waals surface area contributed by atoms with E-state index in [0.29, 0.717) is 0 Å². The normalized spacial score (nSPS) is 15.4. The third-order valence-electron chi connectivity index (χ3n) is 5.32. The summed E-state index contributed by atoms with van der Waals surface area (Å²) in [4.78, 5) is 19.9. The summed E-state index contributed by atoms with van der Waals surface area (Å²) >= 11 is 6.12. The highest BCUT2D eigenvalue weighted by molar-refractivity contribution is 6.30. The lowest BCUT2D eigenvalue weighted by molar-refractivity contribution is 0.250. The number of nitrogens with one attached hydrogen (secondary N) is 1. The molecule has 0 aliphatic carbocycles. The number of H-pyrrole nitrogens is 1. The van der Waals surface area contributed by atoms with Crippen LogP contribution >= 0.6 is 11.6 Å². The van der Waals surface area contributed by atoms with Crippen molar-refractivity contribution in [2.75, 3.05) is 31.1 Å². The molecule has 1 aliphatic rings. The van der Waals surface area contributed by atoms with Crippen LogP contribution in [0.25, 0.3) is 10.9 Å². The van der Waals surface area contributed by atoms with Gasteiger partial charge in [-0.25, -0.2) is 0 Å². The van der Waals surface area contributed by atoms with Crippen LogP contribution in [0.2, 0.25) is 5.02 Å². The fourth-order valence-electron chi connectivity index (χ4n) is 3.75. The number of aryl methyl sites for hydroxylation is 1. The van der Waals surface area contributed by atoms with E-state index in [2.05, 4.69) is 39.0 Å². The van der Waals surface area contributed by atoms with E-state index in [1.807, 2.05) is 31.2 Å². The first kappa shape index (κ1) is 18.1. The molecule has 0 unspecified atom stereocenters. The van der Waals surface area contributed by atoms with E-state index in [1.54, 1.807) is 0 Å². The minimum atomic E-state index is 0.0253. The summed E-state index contributed by atoms with van der Waals surface area (Å²) in [6.07, 6.45) is 0.754. The van der Waals surface area contributed by atoms with Gasteiger partial charge in [-0.2, -0.15) is 0 Å². The summed E-state index contributed by atoms with van der Waals surface area (Å²) in [7, 11) is 0.